The number of sulfonamides is 1. The fourth-order valence-corrected chi connectivity index (χ4v) is 10.0. The fourth-order valence-electron chi connectivity index (χ4n) is 9.26. The Hall–Kier alpha value is -5.69. The average molecular weight is 916 g/mol. The molecule has 4 aliphatic rings. The Morgan fingerprint density at radius 3 is 2.36 bits per heavy atom. The minimum Gasteiger partial charge on any atom is -0.497 e. The van der Waals surface area contributed by atoms with Gasteiger partial charge in [-0.05, 0) is 80.1 Å². The van der Waals surface area contributed by atoms with Gasteiger partial charge >= 0.3 is 0 Å². The number of carbonyl (C=O) groups excluding carboxylic acids is 3. The summed E-state index contributed by atoms with van der Waals surface area (Å²) in [6, 6.07) is 14.7. The molecule has 19 heteroatoms. The second-order valence-corrected chi connectivity index (χ2v) is 19.2. The van der Waals surface area contributed by atoms with E-state index in [1.54, 1.807) is 42.5 Å². The summed E-state index contributed by atoms with van der Waals surface area (Å²) in [5.74, 6) is 0.993. The molecule has 3 N–H and O–H groups in total. The third kappa shape index (κ3) is 9.14. The molecule has 0 saturated carbocycles. The van der Waals surface area contributed by atoms with Crippen LogP contribution in [0.1, 0.15) is 65.7 Å². The van der Waals surface area contributed by atoms with Crippen molar-refractivity contribution in [2.75, 3.05) is 86.6 Å². The minimum absolute atomic E-state index is 0.116. The molecule has 0 bridgehead atoms. The van der Waals surface area contributed by atoms with Crippen LogP contribution in [0.5, 0.6) is 11.5 Å². The van der Waals surface area contributed by atoms with E-state index in [0.717, 1.165) is 80.7 Å². The van der Waals surface area contributed by atoms with E-state index in [4.69, 9.17) is 26.1 Å². The lowest BCUT2D eigenvalue weighted by Gasteiger charge is -2.45. The number of aryl methyl sites for hydroxylation is 1. The van der Waals surface area contributed by atoms with Crippen LogP contribution >= 0.6 is 11.6 Å². The van der Waals surface area contributed by atoms with Gasteiger partial charge in [0, 0.05) is 89.2 Å². The second kappa shape index (κ2) is 18.4. The number of piperazine rings is 1. The Balaban J connectivity index is 0.890. The summed E-state index contributed by atoms with van der Waals surface area (Å²) in [6.07, 6.45) is 5.25. The number of hydrogen-bond acceptors (Lipinski definition) is 14. The molecule has 0 aliphatic carbocycles. The van der Waals surface area contributed by atoms with Gasteiger partial charge in [-0.3, -0.25) is 33.8 Å². The molecule has 3 aromatic carbocycles. The molecule has 4 aromatic rings. The van der Waals surface area contributed by atoms with Crippen molar-refractivity contribution in [3.63, 3.8) is 0 Å². The van der Waals surface area contributed by atoms with Gasteiger partial charge in [0.05, 0.1) is 42.6 Å². The lowest BCUT2D eigenvalue weighted by molar-refractivity contribution is -0.136. The third-order valence-corrected chi connectivity index (χ3v) is 14.7. The van der Waals surface area contributed by atoms with Gasteiger partial charge < -0.3 is 29.9 Å². The molecule has 4 aliphatic heterocycles. The zero-order valence-electron chi connectivity index (χ0n) is 37.0. The van der Waals surface area contributed by atoms with Crippen LogP contribution in [0, 0.1) is 6.92 Å². The molecular weight excluding hydrogens is 860 g/mol. The van der Waals surface area contributed by atoms with Gasteiger partial charge in [-0.15, -0.1) is 0 Å². The number of imide groups is 1. The summed E-state index contributed by atoms with van der Waals surface area (Å²) in [5, 5.41) is 9.58. The zero-order chi connectivity index (χ0) is 45.4. The predicted octanol–water partition coefficient (Wildman–Crippen LogP) is 5.45. The number of fused-ring (bicyclic) bond motifs is 1. The summed E-state index contributed by atoms with van der Waals surface area (Å²) in [4.78, 5) is 55.9. The van der Waals surface area contributed by atoms with Crippen molar-refractivity contribution in [2.45, 2.75) is 64.2 Å². The number of aromatic nitrogens is 2. The number of rotatable bonds is 13. The summed E-state index contributed by atoms with van der Waals surface area (Å²) in [5.41, 5.74) is 5.88. The Morgan fingerprint density at radius 2 is 1.67 bits per heavy atom. The number of benzene rings is 3. The van der Waals surface area contributed by atoms with Crippen molar-refractivity contribution >= 4 is 73.9 Å². The number of carbonyl (C=O) groups is 3. The summed E-state index contributed by atoms with van der Waals surface area (Å²) >= 11 is 7.06. The van der Waals surface area contributed by atoms with Crippen LogP contribution in [0.2, 0.25) is 5.02 Å². The molecule has 2 atom stereocenters. The predicted molar refractivity (Wildman–Crippen MR) is 247 cm³/mol. The Morgan fingerprint density at radius 1 is 0.922 bits per heavy atom. The largest absolute Gasteiger partial charge is 0.497 e. The molecule has 3 fully saturated rings. The van der Waals surface area contributed by atoms with E-state index in [1.807, 2.05) is 25.1 Å². The Bertz CT molecular complexity index is 2560. The van der Waals surface area contributed by atoms with E-state index < -0.39 is 22.0 Å². The molecule has 0 spiro atoms. The highest BCUT2D eigenvalue weighted by Gasteiger charge is 2.40. The molecule has 3 saturated heterocycles. The van der Waals surface area contributed by atoms with E-state index in [1.165, 1.54) is 18.5 Å². The highest BCUT2D eigenvalue weighted by atomic mass is 35.5. The maximum Gasteiger partial charge on any atom is 0.255 e. The molecule has 340 valence electrons. The molecule has 8 rings (SSSR count). The van der Waals surface area contributed by atoms with Gasteiger partial charge in [0.2, 0.25) is 27.8 Å². The van der Waals surface area contributed by atoms with Crippen LogP contribution < -0.4 is 34.6 Å². The van der Waals surface area contributed by atoms with Gasteiger partial charge in [0.1, 0.15) is 23.3 Å². The van der Waals surface area contributed by atoms with Gasteiger partial charge in [-0.25, -0.2) is 13.4 Å². The van der Waals surface area contributed by atoms with Crippen LogP contribution in [0.25, 0.3) is 0 Å². The Kier molecular flexibility index (Phi) is 12.9. The first-order valence-corrected chi connectivity index (χ1v) is 23.7. The molecule has 5 heterocycles. The van der Waals surface area contributed by atoms with Crippen molar-refractivity contribution in [3.05, 3.63) is 82.0 Å². The summed E-state index contributed by atoms with van der Waals surface area (Å²) < 4.78 is 37.5. The molecule has 2 unspecified atom stereocenters. The van der Waals surface area contributed by atoms with Gasteiger partial charge in [-0.2, -0.15) is 4.98 Å². The number of methoxy groups -OCH3 is 2. The van der Waals surface area contributed by atoms with Crippen LogP contribution in [0.15, 0.2) is 54.7 Å². The molecule has 0 radical (unpaired) electrons. The molecular formula is C45H55ClN10O7S. The van der Waals surface area contributed by atoms with Crippen LogP contribution in [0.4, 0.5) is 34.5 Å². The van der Waals surface area contributed by atoms with Crippen LogP contribution in [0.3, 0.4) is 0 Å². The summed E-state index contributed by atoms with van der Waals surface area (Å²) in [6.45, 7) is 9.79. The molecule has 64 heavy (non-hydrogen) atoms. The highest BCUT2D eigenvalue weighted by Crippen LogP contribution is 2.46. The smallest absolute Gasteiger partial charge is 0.255 e. The number of anilines is 6. The quantitative estimate of drug-likeness (QED) is 0.144. The lowest BCUT2D eigenvalue weighted by Crippen LogP contribution is -2.53. The van der Waals surface area contributed by atoms with Crippen molar-refractivity contribution in [1.29, 1.82) is 0 Å². The van der Waals surface area contributed by atoms with E-state index in [9.17, 15) is 22.8 Å². The van der Waals surface area contributed by atoms with E-state index in [-0.39, 0.29) is 24.3 Å². The molecule has 1 aromatic heterocycles. The SMILES string of the molecule is COc1ccc(Nc2ccnc(Nc3cc(C)c(Cl)c(N4CCC(N5CCN(C(C)c6ccc7c(c6)C(=O)N(C6CCC(=O)NC6=O)C7)CC5)CC4)c3OC)n2)c(N(C)S(C)(=O)=O)c1. The molecule has 17 nitrogen and oxygen atoms in total. The first kappa shape index (κ1) is 44.9. The monoisotopic (exact) mass is 914 g/mol. The number of nitrogens with zero attached hydrogens (tertiary/aromatic N) is 7. The zero-order valence-corrected chi connectivity index (χ0v) is 38.6. The van der Waals surface area contributed by atoms with Crippen molar-refractivity contribution in [2.24, 2.45) is 0 Å². The number of ether oxygens (including phenoxy) is 2. The fraction of sp³-hybridized carbons (Fsp3) is 0.444. The van der Waals surface area contributed by atoms with Crippen molar-refractivity contribution in [1.82, 2.24) is 30.0 Å². The van der Waals surface area contributed by atoms with E-state index in [2.05, 4.69) is 48.6 Å². The average Bonchev–Trinajstić information content (AvgIpc) is 3.61. The van der Waals surface area contributed by atoms with Crippen molar-refractivity contribution in [3.8, 4) is 11.5 Å². The number of amides is 3. The van der Waals surface area contributed by atoms with Gasteiger partial charge in [0.15, 0.2) is 5.75 Å². The summed E-state index contributed by atoms with van der Waals surface area (Å²) in [7, 11) is 1.06. The van der Waals surface area contributed by atoms with Crippen LogP contribution in [-0.4, -0.2) is 130 Å². The lowest BCUT2D eigenvalue weighted by atomic mass is 9.98. The number of hydrogen-bond donors (Lipinski definition) is 3. The van der Waals surface area contributed by atoms with Crippen molar-refractivity contribution < 1.29 is 32.3 Å². The highest BCUT2D eigenvalue weighted by molar-refractivity contribution is 7.92. The first-order chi connectivity index (χ1) is 30.6. The topological polar surface area (TPSA) is 182 Å². The number of nitrogens with one attached hydrogen (secondary N) is 3. The standard InChI is InChI=1S/C45H55ClN10O7S/c1-27-23-35(49-45-47-16-13-38(50-45)48-34-10-9-32(62-4)25-37(34)52(3)64(6,60)61)42(63-5)41(40(27)46)55-17-14-31(15-18-55)54-21-19-53(20-22-54)28(2)29-7-8-30-26-56(44(59)33(30)24-29)36-11-12-39(57)51-43(36)58/h7-10,13,16,23-25,28,31,36H,11-12,14-15,17-22,26H2,1-6H3,(H,51,57,58)(H2,47,48,49,50). The maximum absolute atomic E-state index is 13.5. The van der Waals surface area contributed by atoms with E-state index in [0.29, 0.717) is 69.9 Å². The minimum atomic E-state index is -3.57. The number of halogens is 1. The molecule has 3 amide bonds. The normalized spacial score (nSPS) is 19.3. The first-order valence-electron chi connectivity index (χ1n) is 21.5. The number of piperidine rings is 2. The third-order valence-electron chi connectivity index (χ3n) is 13.0. The second-order valence-electron chi connectivity index (χ2n) is 16.8. The maximum atomic E-state index is 13.5. The Labute approximate surface area is 379 Å². The van der Waals surface area contributed by atoms with E-state index >= 15 is 0 Å². The van der Waals surface area contributed by atoms with Gasteiger partial charge in [-0.1, -0.05) is 23.7 Å². The van der Waals surface area contributed by atoms with Gasteiger partial charge in [0.25, 0.3) is 5.91 Å². The van der Waals surface area contributed by atoms with Crippen LogP contribution in [-0.2, 0) is 26.2 Å².